The Hall–Kier alpha value is -0.0301. The molecule has 0 aromatic rings. The molecule has 0 aliphatic rings. The molecule has 0 radical (unpaired) electrons. The zero-order valence-electron chi connectivity index (χ0n) is 16.6. The van der Waals surface area contributed by atoms with Gasteiger partial charge in [-0.3, -0.25) is 0 Å². The maximum Gasteiger partial charge on any atom is 0.313 e. The lowest BCUT2D eigenvalue weighted by atomic mass is 9.29. The van der Waals surface area contributed by atoms with Crippen LogP contribution in [0.3, 0.4) is 0 Å². The van der Waals surface area contributed by atoms with Gasteiger partial charge in [0, 0.05) is 0 Å². The van der Waals surface area contributed by atoms with Crippen molar-refractivity contribution in [1.29, 1.82) is 0 Å². The van der Waals surface area contributed by atoms with Crippen LogP contribution in [0.15, 0.2) is 0 Å². The quantitative estimate of drug-likeness (QED) is 0.484. The van der Waals surface area contributed by atoms with E-state index in [1.54, 1.807) is 0 Å². The lowest BCUT2D eigenvalue weighted by Gasteiger charge is -2.45. The molecule has 6 heteroatoms. The van der Waals surface area contributed by atoms with Crippen molar-refractivity contribution < 1.29 is 0 Å². The average molecular weight is 310 g/mol. The molecule has 0 amide bonds. The van der Waals surface area contributed by atoms with Crippen LogP contribution in [-0.4, -0.2) is 85.3 Å². The SMILES string of the molecule is CCN(CC)B(B(N(CC)CC)N(CC)CC)N(CC)CC. The van der Waals surface area contributed by atoms with E-state index < -0.39 is 0 Å². The van der Waals surface area contributed by atoms with Crippen molar-refractivity contribution in [2.75, 3.05) is 52.4 Å². The van der Waals surface area contributed by atoms with Crippen LogP contribution >= 0.6 is 0 Å². The van der Waals surface area contributed by atoms with E-state index in [4.69, 9.17) is 0 Å². The van der Waals surface area contributed by atoms with Crippen molar-refractivity contribution in [3.05, 3.63) is 0 Å². The maximum absolute atomic E-state index is 2.63. The summed E-state index contributed by atoms with van der Waals surface area (Å²) in [5.41, 5.74) is 0. The van der Waals surface area contributed by atoms with Crippen molar-refractivity contribution in [3.63, 3.8) is 0 Å². The molecule has 0 N–H and O–H groups in total. The van der Waals surface area contributed by atoms with Gasteiger partial charge in [-0.15, -0.1) is 0 Å². The van der Waals surface area contributed by atoms with Gasteiger partial charge in [-0.1, -0.05) is 55.4 Å². The maximum atomic E-state index is 2.63. The molecule has 0 unspecified atom stereocenters. The molecule has 0 heterocycles. The lowest BCUT2D eigenvalue weighted by molar-refractivity contribution is 0.353. The van der Waals surface area contributed by atoms with Crippen LogP contribution in [0.4, 0.5) is 0 Å². The summed E-state index contributed by atoms with van der Waals surface area (Å²) in [4.78, 5) is 10.5. The molecule has 0 aliphatic carbocycles. The molecule has 130 valence electrons. The number of nitrogens with zero attached hydrogens (tertiary/aromatic N) is 4. The van der Waals surface area contributed by atoms with Crippen molar-refractivity contribution in [1.82, 2.24) is 19.2 Å². The van der Waals surface area contributed by atoms with E-state index in [2.05, 4.69) is 74.6 Å². The largest absolute Gasteiger partial charge is 0.332 e. The molecule has 0 aliphatic heterocycles. The highest BCUT2D eigenvalue weighted by molar-refractivity contribution is 7.17. The van der Waals surface area contributed by atoms with Gasteiger partial charge in [0.1, 0.15) is 0 Å². The Morgan fingerprint density at radius 1 is 0.364 bits per heavy atom. The van der Waals surface area contributed by atoms with E-state index in [1.807, 2.05) is 0 Å². The van der Waals surface area contributed by atoms with E-state index in [9.17, 15) is 0 Å². The molecule has 0 saturated carbocycles. The minimum atomic E-state index is 0.463. The number of rotatable bonds is 13. The smallest absolute Gasteiger partial charge is 0.313 e. The monoisotopic (exact) mass is 310 g/mol. The molecule has 22 heavy (non-hydrogen) atoms. The molecule has 0 atom stereocenters. The summed E-state index contributed by atoms with van der Waals surface area (Å²) in [6.45, 7) is 28.1. The van der Waals surface area contributed by atoms with Crippen LogP contribution in [0.5, 0.6) is 0 Å². The molecule has 0 aromatic carbocycles. The summed E-state index contributed by atoms with van der Waals surface area (Å²) in [5.74, 6) is 0. The van der Waals surface area contributed by atoms with Gasteiger partial charge >= 0.3 is 13.7 Å². The predicted octanol–water partition coefficient (Wildman–Crippen LogP) is 2.41. The first-order valence-corrected chi connectivity index (χ1v) is 9.55. The molecular formula is C16H40B2N4. The first-order valence-electron chi connectivity index (χ1n) is 9.55. The van der Waals surface area contributed by atoms with Gasteiger partial charge in [0.2, 0.25) is 0 Å². The Kier molecular flexibility index (Phi) is 12.4. The summed E-state index contributed by atoms with van der Waals surface area (Å²) in [5, 5.41) is 0. The van der Waals surface area contributed by atoms with Crippen molar-refractivity contribution >= 4 is 13.7 Å². The first kappa shape index (κ1) is 22.0. The average Bonchev–Trinajstić information content (AvgIpc) is 2.56. The van der Waals surface area contributed by atoms with Gasteiger partial charge in [0.15, 0.2) is 0 Å². The number of hydrogen-bond acceptors (Lipinski definition) is 4. The second-order valence-corrected chi connectivity index (χ2v) is 5.71. The second kappa shape index (κ2) is 12.4. The predicted molar refractivity (Wildman–Crippen MR) is 103 cm³/mol. The van der Waals surface area contributed by atoms with E-state index >= 15 is 0 Å². The van der Waals surface area contributed by atoms with Gasteiger partial charge in [-0.05, 0) is 52.4 Å². The van der Waals surface area contributed by atoms with Crippen LogP contribution in [-0.2, 0) is 0 Å². The molecular weight excluding hydrogens is 270 g/mol. The highest BCUT2D eigenvalue weighted by Crippen LogP contribution is 2.13. The minimum Gasteiger partial charge on any atom is -0.332 e. The van der Waals surface area contributed by atoms with Crippen molar-refractivity contribution in [2.24, 2.45) is 0 Å². The zero-order chi connectivity index (χ0) is 17.1. The topological polar surface area (TPSA) is 13.0 Å². The summed E-state index contributed by atoms with van der Waals surface area (Å²) in [6, 6.07) is 0. The van der Waals surface area contributed by atoms with Gasteiger partial charge < -0.3 is 19.2 Å². The standard InChI is InChI=1S/C16H40B2N4/c1-9-19(10-2)17(20(11-3)12-4)18(21(13-5)14-6)22(15-7)16-8/h9-16H2,1-8H3. The second-order valence-electron chi connectivity index (χ2n) is 5.71. The van der Waals surface area contributed by atoms with Crippen LogP contribution in [0.25, 0.3) is 0 Å². The van der Waals surface area contributed by atoms with Gasteiger partial charge in [0.05, 0.1) is 0 Å². The summed E-state index contributed by atoms with van der Waals surface area (Å²) in [6.07, 6.45) is 0. The molecule has 0 saturated heterocycles. The van der Waals surface area contributed by atoms with Crippen LogP contribution < -0.4 is 0 Å². The van der Waals surface area contributed by atoms with E-state index in [-0.39, 0.29) is 0 Å². The Bertz CT molecular complexity index is 203. The Balaban J connectivity index is 5.77. The lowest BCUT2D eigenvalue weighted by Crippen LogP contribution is -2.72. The molecule has 0 rings (SSSR count). The van der Waals surface area contributed by atoms with Gasteiger partial charge in [-0.25, -0.2) is 0 Å². The third kappa shape index (κ3) is 5.55. The Morgan fingerprint density at radius 2 is 0.500 bits per heavy atom. The summed E-state index contributed by atoms with van der Waals surface area (Å²) in [7, 11) is 0. The molecule has 4 nitrogen and oxygen atoms in total. The minimum absolute atomic E-state index is 0.463. The molecule has 0 bridgehead atoms. The normalized spacial score (nSPS) is 12.0. The van der Waals surface area contributed by atoms with E-state index in [1.165, 1.54) is 0 Å². The van der Waals surface area contributed by atoms with Gasteiger partial charge in [0.25, 0.3) is 0 Å². The fourth-order valence-corrected chi connectivity index (χ4v) is 3.61. The van der Waals surface area contributed by atoms with Crippen molar-refractivity contribution in [2.45, 2.75) is 55.4 Å². The van der Waals surface area contributed by atoms with Crippen LogP contribution in [0, 0.1) is 0 Å². The third-order valence-corrected chi connectivity index (χ3v) is 5.01. The fraction of sp³-hybridized carbons (Fsp3) is 1.00. The molecule has 0 aromatic heterocycles. The van der Waals surface area contributed by atoms with E-state index in [0.29, 0.717) is 13.7 Å². The Morgan fingerprint density at radius 3 is 0.591 bits per heavy atom. The van der Waals surface area contributed by atoms with Crippen LogP contribution in [0.1, 0.15) is 55.4 Å². The van der Waals surface area contributed by atoms with E-state index in [0.717, 1.165) is 52.4 Å². The highest BCUT2D eigenvalue weighted by atomic mass is 15.3. The highest BCUT2D eigenvalue weighted by Gasteiger charge is 2.44. The third-order valence-electron chi connectivity index (χ3n) is 5.01. The number of hydrogen-bond donors (Lipinski definition) is 0. The zero-order valence-corrected chi connectivity index (χ0v) is 16.6. The summed E-state index contributed by atoms with van der Waals surface area (Å²) >= 11 is 0. The first-order chi connectivity index (χ1) is 10.6. The van der Waals surface area contributed by atoms with Crippen molar-refractivity contribution in [3.8, 4) is 0 Å². The fourth-order valence-electron chi connectivity index (χ4n) is 3.61. The molecule has 0 fully saturated rings. The van der Waals surface area contributed by atoms with Gasteiger partial charge in [-0.2, -0.15) is 0 Å². The Labute approximate surface area is 141 Å². The van der Waals surface area contributed by atoms with Crippen LogP contribution in [0.2, 0.25) is 0 Å². The summed E-state index contributed by atoms with van der Waals surface area (Å²) < 4.78 is 0. The molecule has 0 spiro atoms.